The molecular formula is C15H15N3O3. The Bertz CT molecular complexity index is 726. The average molecular weight is 285 g/mol. The maximum Gasteiger partial charge on any atom is 0.336 e. The third-order valence-electron chi connectivity index (χ3n) is 3.21. The summed E-state index contributed by atoms with van der Waals surface area (Å²) >= 11 is 0. The van der Waals surface area contributed by atoms with Crippen LogP contribution in [0.15, 0.2) is 30.5 Å². The summed E-state index contributed by atoms with van der Waals surface area (Å²) in [6, 6.07) is 6.33. The lowest BCUT2D eigenvalue weighted by Gasteiger charge is -2.11. The van der Waals surface area contributed by atoms with Crippen molar-refractivity contribution in [2.75, 3.05) is 11.1 Å². The minimum absolute atomic E-state index is 0.104. The molecule has 0 saturated carbocycles. The van der Waals surface area contributed by atoms with Crippen LogP contribution in [0.25, 0.3) is 0 Å². The minimum atomic E-state index is -1.04. The van der Waals surface area contributed by atoms with Crippen LogP contribution in [0.1, 0.15) is 32.0 Å². The number of benzene rings is 1. The molecule has 0 saturated heterocycles. The molecule has 0 bridgehead atoms. The molecule has 6 nitrogen and oxygen atoms in total. The summed E-state index contributed by atoms with van der Waals surface area (Å²) in [5.41, 5.74) is 8.04. The molecule has 4 N–H and O–H groups in total. The van der Waals surface area contributed by atoms with Crippen molar-refractivity contribution in [1.29, 1.82) is 0 Å². The minimum Gasteiger partial charge on any atom is -0.478 e. The Labute approximate surface area is 121 Å². The molecule has 0 unspecified atom stereocenters. The monoisotopic (exact) mass is 285 g/mol. The van der Waals surface area contributed by atoms with Gasteiger partial charge in [0.15, 0.2) is 5.69 Å². The molecule has 0 aliphatic heterocycles. The van der Waals surface area contributed by atoms with Crippen molar-refractivity contribution in [1.82, 2.24) is 4.98 Å². The molecule has 2 rings (SSSR count). The molecule has 108 valence electrons. The number of anilines is 2. The summed E-state index contributed by atoms with van der Waals surface area (Å²) in [6.45, 7) is 3.51. The first-order valence-electron chi connectivity index (χ1n) is 6.26. The summed E-state index contributed by atoms with van der Waals surface area (Å²) in [4.78, 5) is 27.2. The van der Waals surface area contributed by atoms with Crippen LogP contribution in [0.5, 0.6) is 0 Å². The summed E-state index contributed by atoms with van der Waals surface area (Å²) in [5.74, 6) is -1.52. The molecular weight excluding hydrogens is 270 g/mol. The van der Waals surface area contributed by atoms with E-state index in [1.54, 1.807) is 32.0 Å². The number of nitrogens with one attached hydrogen (secondary N) is 1. The molecule has 0 fully saturated rings. The van der Waals surface area contributed by atoms with Crippen LogP contribution in [0, 0.1) is 13.8 Å². The standard InChI is InChI=1S/C15H15N3O3/c1-8-6-10(7-11(9(8)2)15(20)21)18-14(19)13-12(16)4-3-5-17-13/h3-7H,16H2,1-2H3,(H,18,19)(H,20,21). The van der Waals surface area contributed by atoms with Crippen LogP contribution in [-0.2, 0) is 0 Å². The van der Waals surface area contributed by atoms with Crippen LogP contribution in [0.3, 0.4) is 0 Å². The fourth-order valence-electron chi connectivity index (χ4n) is 1.95. The SMILES string of the molecule is Cc1cc(NC(=O)c2ncccc2N)cc(C(=O)O)c1C. The first-order valence-corrected chi connectivity index (χ1v) is 6.26. The van der Waals surface area contributed by atoms with Crippen molar-refractivity contribution in [3.05, 3.63) is 52.8 Å². The molecule has 0 spiro atoms. The molecule has 2 aromatic rings. The predicted octanol–water partition coefficient (Wildman–Crippen LogP) is 2.23. The summed E-state index contributed by atoms with van der Waals surface area (Å²) in [7, 11) is 0. The number of hydrogen-bond donors (Lipinski definition) is 3. The maximum atomic E-state index is 12.1. The van der Waals surface area contributed by atoms with Crippen molar-refractivity contribution in [2.45, 2.75) is 13.8 Å². The van der Waals surface area contributed by atoms with Gasteiger partial charge in [-0.1, -0.05) is 0 Å². The van der Waals surface area contributed by atoms with E-state index in [2.05, 4.69) is 10.3 Å². The molecule has 21 heavy (non-hydrogen) atoms. The normalized spacial score (nSPS) is 10.2. The molecule has 6 heteroatoms. The van der Waals surface area contributed by atoms with E-state index in [0.29, 0.717) is 11.3 Å². The van der Waals surface area contributed by atoms with E-state index in [1.165, 1.54) is 12.3 Å². The highest BCUT2D eigenvalue weighted by molar-refractivity contribution is 6.06. The van der Waals surface area contributed by atoms with Gasteiger partial charge in [-0.05, 0) is 49.2 Å². The Hall–Kier alpha value is -2.89. The first-order chi connectivity index (χ1) is 9.90. The number of carbonyl (C=O) groups is 2. The van der Waals surface area contributed by atoms with E-state index >= 15 is 0 Å². The lowest BCUT2D eigenvalue weighted by Crippen LogP contribution is -2.16. The van der Waals surface area contributed by atoms with Gasteiger partial charge in [-0.3, -0.25) is 4.79 Å². The van der Waals surface area contributed by atoms with Gasteiger partial charge in [-0.2, -0.15) is 0 Å². The zero-order chi connectivity index (χ0) is 15.6. The molecule has 0 atom stereocenters. The molecule has 0 aliphatic rings. The molecule has 1 aromatic carbocycles. The smallest absolute Gasteiger partial charge is 0.336 e. The van der Waals surface area contributed by atoms with Crippen molar-refractivity contribution >= 4 is 23.3 Å². The molecule has 1 heterocycles. The number of nitrogen functional groups attached to an aromatic ring is 1. The van der Waals surface area contributed by atoms with Gasteiger partial charge in [0.25, 0.3) is 5.91 Å². The lowest BCUT2D eigenvalue weighted by molar-refractivity contribution is 0.0695. The van der Waals surface area contributed by atoms with Gasteiger partial charge < -0.3 is 16.2 Å². The van der Waals surface area contributed by atoms with Crippen LogP contribution < -0.4 is 11.1 Å². The number of carboxylic acid groups (broad SMARTS) is 1. The zero-order valence-electron chi connectivity index (χ0n) is 11.7. The predicted molar refractivity (Wildman–Crippen MR) is 79.5 cm³/mol. The Balaban J connectivity index is 2.34. The number of hydrogen-bond acceptors (Lipinski definition) is 4. The van der Waals surface area contributed by atoms with Crippen LogP contribution in [-0.4, -0.2) is 22.0 Å². The number of nitrogens with two attached hydrogens (primary N) is 1. The first kappa shape index (κ1) is 14.5. The number of aromatic nitrogens is 1. The number of rotatable bonds is 3. The number of nitrogens with zero attached hydrogens (tertiary/aromatic N) is 1. The number of aryl methyl sites for hydroxylation is 1. The summed E-state index contributed by atoms with van der Waals surface area (Å²) in [5, 5.41) is 11.8. The maximum absolute atomic E-state index is 12.1. The Morgan fingerprint density at radius 2 is 2.00 bits per heavy atom. The Morgan fingerprint density at radius 3 is 2.62 bits per heavy atom. The van der Waals surface area contributed by atoms with Gasteiger partial charge in [-0.25, -0.2) is 9.78 Å². The number of carboxylic acids is 1. The van der Waals surface area contributed by atoms with Crippen molar-refractivity contribution < 1.29 is 14.7 Å². The van der Waals surface area contributed by atoms with E-state index in [1.807, 2.05) is 0 Å². The second kappa shape index (κ2) is 5.62. The van der Waals surface area contributed by atoms with Gasteiger partial charge in [0, 0.05) is 11.9 Å². The quantitative estimate of drug-likeness (QED) is 0.802. The van der Waals surface area contributed by atoms with E-state index in [9.17, 15) is 9.59 Å². The topological polar surface area (TPSA) is 105 Å². The van der Waals surface area contributed by atoms with E-state index in [-0.39, 0.29) is 16.9 Å². The fourth-order valence-corrected chi connectivity index (χ4v) is 1.95. The molecule has 0 radical (unpaired) electrons. The van der Waals surface area contributed by atoms with Crippen molar-refractivity contribution in [3.63, 3.8) is 0 Å². The van der Waals surface area contributed by atoms with Gasteiger partial charge >= 0.3 is 5.97 Å². The van der Waals surface area contributed by atoms with E-state index in [0.717, 1.165) is 5.56 Å². The highest BCUT2D eigenvalue weighted by atomic mass is 16.4. The van der Waals surface area contributed by atoms with Crippen LogP contribution in [0.2, 0.25) is 0 Å². The number of amides is 1. The van der Waals surface area contributed by atoms with Gasteiger partial charge in [0.05, 0.1) is 11.3 Å². The van der Waals surface area contributed by atoms with Gasteiger partial charge in [-0.15, -0.1) is 0 Å². The van der Waals surface area contributed by atoms with Crippen molar-refractivity contribution in [3.8, 4) is 0 Å². The van der Waals surface area contributed by atoms with Gasteiger partial charge in [0.1, 0.15) is 0 Å². The van der Waals surface area contributed by atoms with Gasteiger partial charge in [0.2, 0.25) is 0 Å². The third kappa shape index (κ3) is 3.00. The van der Waals surface area contributed by atoms with E-state index in [4.69, 9.17) is 10.8 Å². The average Bonchev–Trinajstić information content (AvgIpc) is 2.42. The Morgan fingerprint density at radius 1 is 1.29 bits per heavy atom. The van der Waals surface area contributed by atoms with Crippen LogP contribution in [0.4, 0.5) is 11.4 Å². The fraction of sp³-hybridized carbons (Fsp3) is 0.133. The Kier molecular flexibility index (Phi) is 3.89. The van der Waals surface area contributed by atoms with Crippen LogP contribution >= 0.6 is 0 Å². The molecule has 1 aromatic heterocycles. The summed E-state index contributed by atoms with van der Waals surface area (Å²) in [6.07, 6.45) is 1.47. The lowest BCUT2D eigenvalue weighted by atomic mass is 10.0. The molecule has 0 aliphatic carbocycles. The van der Waals surface area contributed by atoms with E-state index < -0.39 is 11.9 Å². The molecule has 1 amide bonds. The highest BCUT2D eigenvalue weighted by Gasteiger charge is 2.15. The highest BCUT2D eigenvalue weighted by Crippen LogP contribution is 2.21. The number of pyridine rings is 1. The second-order valence-electron chi connectivity index (χ2n) is 4.67. The third-order valence-corrected chi connectivity index (χ3v) is 3.21. The largest absolute Gasteiger partial charge is 0.478 e. The zero-order valence-corrected chi connectivity index (χ0v) is 11.7. The second-order valence-corrected chi connectivity index (χ2v) is 4.67. The van der Waals surface area contributed by atoms with Crippen molar-refractivity contribution in [2.24, 2.45) is 0 Å². The number of aromatic carboxylic acids is 1. The summed E-state index contributed by atoms with van der Waals surface area (Å²) < 4.78 is 0. The number of carbonyl (C=O) groups excluding carboxylic acids is 1.